The number of carboxylic acid groups (broad SMARTS) is 1. The number of benzene rings is 1. The molecule has 1 fully saturated rings. The fraction of sp³-hybridized carbons (Fsp3) is 0.400. The fourth-order valence-corrected chi connectivity index (χ4v) is 2.58. The lowest BCUT2D eigenvalue weighted by molar-refractivity contribution is -0.131. The predicted molar refractivity (Wildman–Crippen MR) is 71.9 cm³/mol. The fourth-order valence-electron chi connectivity index (χ4n) is 2.58. The van der Waals surface area contributed by atoms with Crippen LogP contribution in [-0.4, -0.2) is 25.3 Å². The molecular weight excluding hydrogens is 244 g/mol. The standard InChI is InChI=1S/C15H18O4/c1-18-13-6-5-12(9-14(13)19-2)11-4-3-10(7-11)8-15(16)17/h5-6,8-9,11H,3-4,7H2,1-2H3,(H,16,17)/b10-8+. The number of methoxy groups -OCH3 is 2. The molecule has 1 atom stereocenters. The van der Waals surface area contributed by atoms with Gasteiger partial charge in [-0.1, -0.05) is 11.6 Å². The Labute approximate surface area is 112 Å². The Hall–Kier alpha value is -1.97. The molecule has 0 bridgehead atoms. The van der Waals surface area contributed by atoms with E-state index < -0.39 is 5.97 Å². The molecule has 0 aliphatic heterocycles. The number of allylic oxidation sites excluding steroid dienone is 1. The molecular formula is C15H18O4. The number of rotatable bonds is 4. The molecule has 0 amide bonds. The Kier molecular flexibility index (Phi) is 4.10. The topological polar surface area (TPSA) is 55.8 Å². The van der Waals surface area contributed by atoms with Crippen LogP contribution >= 0.6 is 0 Å². The van der Waals surface area contributed by atoms with Gasteiger partial charge in [0, 0.05) is 6.08 Å². The maximum Gasteiger partial charge on any atom is 0.328 e. The van der Waals surface area contributed by atoms with Crippen LogP contribution in [0.3, 0.4) is 0 Å². The van der Waals surface area contributed by atoms with E-state index in [0.29, 0.717) is 11.7 Å². The van der Waals surface area contributed by atoms with Gasteiger partial charge in [0.25, 0.3) is 0 Å². The second-order valence-corrected chi connectivity index (χ2v) is 4.69. The largest absolute Gasteiger partial charge is 0.493 e. The van der Waals surface area contributed by atoms with Crippen LogP contribution in [0.15, 0.2) is 29.8 Å². The van der Waals surface area contributed by atoms with Crippen molar-refractivity contribution in [3.05, 3.63) is 35.4 Å². The molecule has 0 aromatic heterocycles. The lowest BCUT2D eigenvalue weighted by Gasteiger charge is -2.13. The molecule has 1 N–H and O–H groups in total. The average Bonchev–Trinajstić information content (AvgIpc) is 2.85. The number of ether oxygens (including phenoxy) is 2. The second kappa shape index (κ2) is 5.78. The summed E-state index contributed by atoms with van der Waals surface area (Å²) in [6.45, 7) is 0. The number of hydrogen-bond donors (Lipinski definition) is 1. The highest BCUT2D eigenvalue weighted by Gasteiger charge is 2.22. The smallest absolute Gasteiger partial charge is 0.328 e. The van der Waals surface area contributed by atoms with Gasteiger partial charge in [0.2, 0.25) is 0 Å². The van der Waals surface area contributed by atoms with E-state index in [1.54, 1.807) is 14.2 Å². The van der Waals surface area contributed by atoms with Gasteiger partial charge in [-0.2, -0.15) is 0 Å². The Balaban J connectivity index is 2.18. The summed E-state index contributed by atoms with van der Waals surface area (Å²) in [5.41, 5.74) is 2.18. The zero-order valence-corrected chi connectivity index (χ0v) is 11.2. The van der Waals surface area contributed by atoms with Crippen LogP contribution in [0.5, 0.6) is 11.5 Å². The van der Waals surface area contributed by atoms with Gasteiger partial charge in [0.05, 0.1) is 14.2 Å². The van der Waals surface area contributed by atoms with E-state index >= 15 is 0 Å². The van der Waals surface area contributed by atoms with Gasteiger partial charge in [-0.25, -0.2) is 4.79 Å². The summed E-state index contributed by atoms with van der Waals surface area (Å²) < 4.78 is 10.5. The van der Waals surface area contributed by atoms with E-state index in [9.17, 15) is 4.79 Å². The number of hydrogen-bond acceptors (Lipinski definition) is 3. The predicted octanol–water partition coefficient (Wildman–Crippen LogP) is 2.98. The first-order valence-electron chi connectivity index (χ1n) is 6.28. The molecule has 102 valence electrons. The van der Waals surface area contributed by atoms with E-state index in [2.05, 4.69) is 0 Å². The van der Waals surface area contributed by atoms with E-state index in [-0.39, 0.29) is 0 Å². The maximum atomic E-state index is 10.7. The van der Waals surface area contributed by atoms with Crippen molar-refractivity contribution in [2.24, 2.45) is 0 Å². The van der Waals surface area contributed by atoms with Gasteiger partial charge in [0.1, 0.15) is 0 Å². The summed E-state index contributed by atoms with van der Waals surface area (Å²) in [5, 5.41) is 8.77. The first kappa shape index (κ1) is 13.5. The molecule has 0 saturated heterocycles. The molecule has 0 heterocycles. The van der Waals surface area contributed by atoms with Crippen LogP contribution in [-0.2, 0) is 4.79 Å². The number of carboxylic acids is 1. The third-order valence-electron chi connectivity index (χ3n) is 3.53. The monoisotopic (exact) mass is 262 g/mol. The maximum absolute atomic E-state index is 10.7. The third-order valence-corrected chi connectivity index (χ3v) is 3.53. The Morgan fingerprint density at radius 2 is 2.05 bits per heavy atom. The van der Waals surface area contributed by atoms with Crippen molar-refractivity contribution in [1.29, 1.82) is 0 Å². The summed E-state index contributed by atoms with van der Waals surface area (Å²) in [6, 6.07) is 5.90. The summed E-state index contributed by atoms with van der Waals surface area (Å²) in [7, 11) is 3.23. The highest BCUT2D eigenvalue weighted by atomic mass is 16.5. The summed E-state index contributed by atoms with van der Waals surface area (Å²) >= 11 is 0. The molecule has 0 spiro atoms. The van der Waals surface area contributed by atoms with E-state index in [0.717, 1.165) is 30.6 Å². The minimum absolute atomic E-state index is 0.366. The Morgan fingerprint density at radius 1 is 1.32 bits per heavy atom. The van der Waals surface area contributed by atoms with E-state index in [1.165, 1.54) is 11.6 Å². The van der Waals surface area contributed by atoms with Crippen LogP contribution in [0.25, 0.3) is 0 Å². The quantitative estimate of drug-likeness (QED) is 0.847. The van der Waals surface area contributed by atoms with Gasteiger partial charge >= 0.3 is 5.97 Å². The van der Waals surface area contributed by atoms with Gasteiger partial charge in [-0.15, -0.1) is 0 Å². The molecule has 1 aliphatic carbocycles. The Morgan fingerprint density at radius 3 is 2.68 bits per heavy atom. The van der Waals surface area contributed by atoms with Crippen LogP contribution in [0.4, 0.5) is 0 Å². The molecule has 1 unspecified atom stereocenters. The summed E-state index contributed by atoms with van der Waals surface area (Å²) in [5.74, 6) is 0.939. The molecule has 1 aliphatic rings. The first-order valence-corrected chi connectivity index (χ1v) is 6.28. The van der Waals surface area contributed by atoms with Crippen LogP contribution in [0.2, 0.25) is 0 Å². The van der Waals surface area contributed by atoms with Crippen molar-refractivity contribution in [3.63, 3.8) is 0 Å². The highest BCUT2D eigenvalue weighted by molar-refractivity contribution is 5.80. The molecule has 19 heavy (non-hydrogen) atoms. The molecule has 1 saturated carbocycles. The lowest BCUT2D eigenvalue weighted by atomic mass is 9.97. The van der Waals surface area contributed by atoms with Crippen molar-refractivity contribution in [2.45, 2.75) is 25.2 Å². The molecule has 1 aromatic carbocycles. The van der Waals surface area contributed by atoms with E-state index in [4.69, 9.17) is 14.6 Å². The van der Waals surface area contributed by atoms with Crippen LogP contribution in [0.1, 0.15) is 30.7 Å². The van der Waals surface area contributed by atoms with Crippen molar-refractivity contribution in [3.8, 4) is 11.5 Å². The molecule has 4 heteroatoms. The first-order chi connectivity index (χ1) is 9.13. The van der Waals surface area contributed by atoms with E-state index in [1.807, 2.05) is 18.2 Å². The number of carbonyl (C=O) groups is 1. The third kappa shape index (κ3) is 3.08. The number of aliphatic carboxylic acids is 1. The molecule has 2 rings (SSSR count). The highest BCUT2D eigenvalue weighted by Crippen LogP contribution is 2.40. The van der Waals surface area contributed by atoms with Gasteiger partial charge < -0.3 is 14.6 Å². The minimum Gasteiger partial charge on any atom is -0.493 e. The van der Waals surface area contributed by atoms with Gasteiger partial charge in [-0.05, 0) is 42.9 Å². The van der Waals surface area contributed by atoms with Crippen molar-refractivity contribution >= 4 is 5.97 Å². The second-order valence-electron chi connectivity index (χ2n) is 4.69. The normalized spacial score (nSPS) is 20.5. The molecule has 4 nitrogen and oxygen atoms in total. The van der Waals surface area contributed by atoms with Crippen molar-refractivity contribution in [2.75, 3.05) is 14.2 Å². The average molecular weight is 262 g/mol. The van der Waals surface area contributed by atoms with Crippen LogP contribution in [0, 0.1) is 0 Å². The zero-order chi connectivity index (χ0) is 13.8. The van der Waals surface area contributed by atoms with Gasteiger partial charge in [0.15, 0.2) is 11.5 Å². The van der Waals surface area contributed by atoms with Crippen molar-refractivity contribution < 1.29 is 19.4 Å². The Bertz CT molecular complexity index is 505. The minimum atomic E-state index is -0.858. The van der Waals surface area contributed by atoms with Crippen molar-refractivity contribution in [1.82, 2.24) is 0 Å². The summed E-state index contributed by atoms with van der Waals surface area (Å²) in [4.78, 5) is 10.7. The van der Waals surface area contributed by atoms with Gasteiger partial charge in [-0.3, -0.25) is 0 Å². The molecule has 0 radical (unpaired) electrons. The SMILES string of the molecule is COc1ccc(C2CC/C(=C\C(=O)O)C2)cc1OC. The lowest BCUT2D eigenvalue weighted by Crippen LogP contribution is -1.96. The summed E-state index contributed by atoms with van der Waals surface area (Å²) in [6.07, 6.45) is 3.97. The van der Waals surface area contributed by atoms with Crippen LogP contribution < -0.4 is 9.47 Å². The molecule has 1 aromatic rings. The zero-order valence-electron chi connectivity index (χ0n) is 11.2.